The number of fused-ring (bicyclic) bond motifs is 1. The molecule has 5 rings (SSSR count). The van der Waals surface area contributed by atoms with Crippen molar-refractivity contribution >= 4 is 16.8 Å². The van der Waals surface area contributed by atoms with E-state index in [1.807, 2.05) is 54.7 Å². The first kappa shape index (κ1) is 22.5. The van der Waals surface area contributed by atoms with E-state index in [1.165, 1.54) is 0 Å². The molecule has 5 aromatic rings. The summed E-state index contributed by atoms with van der Waals surface area (Å²) in [6.07, 6.45) is 6.71. The van der Waals surface area contributed by atoms with Crippen LogP contribution in [0.2, 0.25) is 0 Å². The molecule has 3 aromatic heterocycles. The highest BCUT2D eigenvalue weighted by molar-refractivity contribution is 5.83. The largest absolute Gasteiger partial charge is 0.361 e. The van der Waals surface area contributed by atoms with Crippen LogP contribution >= 0.6 is 0 Å². The van der Waals surface area contributed by atoms with E-state index >= 15 is 0 Å². The van der Waals surface area contributed by atoms with Crippen molar-refractivity contribution in [3.05, 3.63) is 114 Å². The van der Waals surface area contributed by atoms with E-state index in [0.29, 0.717) is 25.2 Å². The maximum atomic E-state index is 12.4. The first-order chi connectivity index (χ1) is 17.2. The molecule has 1 amide bonds. The lowest BCUT2D eigenvalue weighted by Crippen LogP contribution is -2.36. The molecule has 0 spiro atoms. The van der Waals surface area contributed by atoms with Crippen LogP contribution in [0.4, 0.5) is 0 Å². The number of H-pyrrole nitrogens is 1. The van der Waals surface area contributed by atoms with Crippen molar-refractivity contribution in [1.29, 1.82) is 0 Å². The molecular formula is C27H27N7O. The minimum absolute atomic E-state index is 0.0975. The van der Waals surface area contributed by atoms with Gasteiger partial charge in [-0.05, 0) is 34.9 Å². The molecule has 176 valence electrons. The quantitative estimate of drug-likeness (QED) is 0.309. The average molecular weight is 466 g/mol. The lowest BCUT2D eigenvalue weighted by molar-refractivity contribution is -0.120. The van der Waals surface area contributed by atoms with Crippen LogP contribution in [0.3, 0.4) is 0 Å². The van der Waals surface area contributed by atoms with Gasteiger partial charge >= 0.3 is 0 Å². The van der Waals surface area contributed by atoms with Crippen molar-refractivity contribution in [3.63, 3.8) is 0 Å². The van der Waals surface area contributed by atoms with E-state index in [9.17, 15) is 4.79 Å². The Morgan fingerprint density at radius 3 is 2.54 bits per heavy atom. The molecule has 0 aliphatic heterocycles. The summed E-state index contributed by atoms with van der Waals surface area (Å²) >= 11 is 0. The fourth-order valence-electron chi connectivity index (χ4n) is 4.34. The molecule has 0 unspecified atom stereocenters. The summed E-state index contributed by atoms with van der Waals surface area (Å²) in [5.41, 5.74) is 10.0. The van der Waals surface area contributed by atoms with Crippen molar-refractivity contribution in [3.8, 4) is 0 Å². The monoisotopic (exact) mass is 465 g/mol. The van der Waals surface area contributed by atoms with Gasteiger partial charge in [-0.25, -0.2) is 0 Å². The molecule has 0 radical (unpaired) electrons. The summed E-state index contributed by atoms with van der Waals surface area (Å²) in [6.45, 7) is 0.468. The zero-order valence-corrected chi connectivity index (χ0v) is 19.3. The maximum Gasteiger partial charge on any atom is 0.234 e. The van der Waals surface area contributed by atoms with Gasteiger partial charge in [-0.3, -0.25) is 9.78 Å². The number of aromatic amines is 1. The van der Waals surface area contributed by atoms with E-state index in [0.717, 1.165) is 33.4 Å². The molecule has 0 aliphatic carbocycles. The molecular weight excluding hydrogens is 438 g/mol. The standard InChI is InChI=1S/C27H27N7O/c28-16-26(35)31-24(15-21-17-30-23-9-5-4-8-22(21)23)27-33-32-25(14-19-6-2-1-3-7-19)34(27)18-20-10-12-29-13-11-20/h1-13,17,24,30H,14-16,18,28H2,(H,31,35)/t24-/m1/s1. The van der Waals surface area contributed by atoms with Gasteiger partial charge in [0.1, 0.15) is 5.82 Å². The minimum atomic E-state index is -0.399. The number of nitrogens with two attached hydrogens (primary N) is 1. The Balaban J connectivity index is 1.55. The summed E-state index contributed by atoms with van der Waals surface area (Å²) < 4.78 is 2.10. The molecule has 0 aliphatic rings. The minimum Gasteiger partial charge on any atom is -0.361 e. The van der Waals surface area contributed by atoms with Crippen LogP contribution < -0.4 is 11.1 Å². The number of nitrogens with zero attached hydrogens (tertiary/aromatic N) is 4. The van der Waals surface area contributed by atoms with Crippen LogP contribution in [0.25, 0.3) is 10.9 Å². The van der Waals surface area contributed by atoms with Gasteiger partial charge in [-0.2, -0.15) is 0 Å². The SMILES string of the molecule is NCC(=O)N[C@H](Cc1c[nH]c2ccccc12)c1nnc(Cc2ccccc2)n1Cc1ccncc1. The lowest BCUT2D eigenvalue weighted by Gasteiger charge is -2.20. The number of hydrogen-bond acceptors (Lipinski definition) is 5. The number of aromatic nitrogens is 5. The summed E-state index contributed by atoms with van der Waals surface area (Å²) in [6, 6.07) is 21.8. The van der Waals surface area contributed by atoms with Crippen LogP contribution in [0.5, 0.6) is 0 Å². The van der Waals surface area contributed by atoms with E-state index < -0.39 is 6.04 Å². The number of carbonyl (C=O) groups excluding carboxylic acids is 1. The first-order valence-corrected chi connectivity index (χ1v) is 11.6. The first-order valence-electron chi connectivity index (χ1n) is 11.6. The van der Waals surface area contributed by atoms with E-state index in [2.05, 4.69) is 48.2 Å². The van der Waals surface area contributed by atoms with Crippen LogP contribution in [0, 0.1) is 0 Å². The summed E-state index contributed by atoms with van der Waals surface area (Å²) in [7, 11) is 0. The zero-order valence-electron chi connectivity index (χ0n) is 19.3. The third kappa shape index (κ3) is 5.12. The Bertz CT molecular complexity index is 1410. The highest BCUT2D eigenvalue weighted by Crippen LogP contribution is 2.25. The number of pyridine rings is 1. The molecule has 0 bridgehead atoms. The fourth-order valence-corrected chi connectivity index (χ4v) is 4.34. The van der Waals surface area contributed by atoms with Crippen LogP contribution in [-0.4, -0.2) is 37.2 Å². The maximum absolute atomic E-state index is 12.4. The second kappa shape index (κ2) is 10.3. The number of nitrogens with one attached hydrogen (secondary N) is 2. The number of amides is 1. The molecule has 4 N–H and O–H groups in total. The van der Waals surface area contributed by atoms with Gasteiger partial charge < -0.3 is 20.6 Å². The Morgan fingerprint density at radius 2 is 1.74 bits per heavy atom. The highest BCUT2D eigenvalue weighted by atomic mass is 16.1. The van der Waals surface area contributed by atoms with Gasteiger partial charge in [0.05, 0.1) is 19.1 Å². The molecule has 0 saturated heterocycles. The van der Waals surface area contributed by atoms with Crippen molar-refractivity contribution < 1.29 is 4.79 Å². The molecule has 35 heavy (non-hydrogen) atoms. The lowest BCUT2D eigenvalue weighted by atomic mass is 10.0. The predicted molar refractivity (Wildman–Crippen MR) is 135 cm³/mol. The fraction of sp³-hybridized carbons (Fsp3) is 0.185. The highest BCUT2D eigenvalue weighted by Gasteiger charge is 2.24. The average Bonchev–Trinajstić information content (AvgIpc) is 3.49. The van der Waals surface area contributed by atoms with Gasteiger partial charge in [0, 0.05) is 42.3 Å². The van der Waals surface area contributed by atoms with E-state index in [4.69, 9.17) is 5.73 Å². The smallest absolute Gasteiger partial charge is 0.234 e. The van der Waals surface area contributed by atoms with E-state index in [-0.39, 0.29) is 12.5 Å². The second-order valence-corrected chi connectivity index (χ2v) is 8.47. The van der Waals surface area contributed by atoms with Gasteiger partial charge in [0.15, 0.2) is 5.82 Å². The Kier molecular flexibility index (Phi) is 6.63. The van der Waals surface area contributed by atoms with Crippen LogP contribution in [0.15, 0.2) is 85.3 Å². The third-order valence-electron chi connectivity index (χ3n) is 6.08. The number of hydrogen-bond donors (Lipinski definition) is 3. The number of para-hydroxylation sites is 1. The second-order valence-electron chi connectivity index (χ2n) is 8.47. The van der Waals surface area contributed by atoms with Crippen molar-refractivity contribution in [2.45, 2.75) is 25.4 Å². The Hall–Kier alpha value is -4.30. The number of carbonyl (C=O) groups is 1. The summed E-state index contributed by atoms with van der Waals surface area (Å²) in [5, 5.41) is 13.3. The van der Waals surface area contributed by atoms with Crippen LogP contribution in [0.1, 0.15) is 34.4 Å². The molecule has 8 nitrogen and oxygen atoms in total. The van der Waals surface area contributed by atoms with Crippen molar-refractivity contribution in [1.82, 2.24) is 30.0 Å². The molecule has 3 heterocycles. The summed E-state index contributed by atoms with van der Waals surface area (Å²) in [4.78, 5) is 19.9. The van der Waals surface area contributed by atoms with Gasteiger partial charge in [-0.1, -0.05) is 48.5 Å². The predicted octanol–water partition coefficient (Wildman–Crippen LogP) is 3.15. The molecule has 0 fully saturated rings. The topological polar surface area (TPSA) is 115 Å². The number of rotatable bonds is 9. The third-order valence-corrected chi connectivity index (χ3v) is 6.08. The molecule has 1 atom stereocenters. The van der Waals surface area contributed by atoms with Crippen LogP contribution in [-0.2, 0) is 24.2 Å². The number of benzene rings is 2. The normalized spacial score (nSPS) is 12.0. The molecule has 0 saturated carbocycles. The zero-order chi connectivity index (χ0) is 24.0. The summed E-state index contributed by atoms with van der Waals surface area (Å²) in [5.74, 6) is 1.28. The van der Waals surface area contributed by atoms with Crippen molar-refractivity contribution in [2.75, 3.05) is 6.54 Å². The Morgan fingerprint density at radius 1 is 0.971 bits per heavy atom. The van der Waals surface area contributed by atoms with Crippen molar-refractivity contribution in [2.24, 2.45) is 5.73 Å². The van der Waals surface area contributed by atoms with E-state index in [1.54, 1.807) is 12.4 Å². The van der Waals surface area contributed by atoms with Gasteiger partial charge in [0.25, 0.3) is 0 Å². The van der Waals surface area contributed by atoms with Gasteiger partial charge in [0.2, 0.25) is 5.91 Å². The van der Waals surface area contributed by atoms with Gasteiger partial charge in [-0.15, -0.1) is 10.2 Å². The Labute approximate surface area is 203 Å². The molecule has 2 aromatic carbocycles. The molecule has 8 heteroatoms.